The van der Waals surface area contributed by atoms with Crippen LogP contribution in [0.25, 0.3) is 0 Å². The van der Waals surface area contributed by atoms with Crippen molar-refractivity contribution in [2.75, 3.05) is 20.7 Å². The molecule has 5 heteroatoms. The minimum atomic E-state index is -1.51. The number of aryl methyl sites for hydroxylation is 1. The van der Waals surface area contributed by atoms with Crippen molar-refractivity contribution in [3.05, 3.63) is 23.7 Å². The van der Waals surface area contributed by atoms with E-state index in [1.807, 2.05) is 19.1 Å². The normalized spacial score (nSPS) is 14.7. The van der Waals surface area contributed by atoms with Gasteiger partial charge in [0.1, 0.15) is 11.5 Å². The lowest BCUT2D eigenvalue weighted by Crippen LogP contribution is -2.46. The summed E-state index contributed by atoms with van der Waals surface area (Å²) in [5.74, 6) is 0.999. The third-order valence-corrected chi connectivity index (χ3v) is 2.42. The van der Waals surface area contributed by atoms with E-state index in [9.17, 15) is 9.90 Å². The molecule has 0 bridgehead atoms. The lowest BCUT2D eigenvalue weighted by molar-refractivity contribution is -0.162. The van der Waals surface area contributed by atoms with E-state index in [0.29, 0.717) is 6.54 Å². The second-order valence-electron chi connectivity index (χ2n) is 4.45. The van der Waals surface area contributed by atoms with Gasteiger partial charge in [-0.05, 0) is 33.0 Å². The minimum absolute atomic E-state index is 0.180. The first-order chi connectivity index (χ1) is 7.85. The van der Waals surface area contributed by atoms with Crippen molar-refractivity contribution in [1.29, 1.82) is 0 Å². The third-order valence-electron chi connectivity index (χ3n) is 2.42. The first kappa shape index (κ1) is 13.7. The molecule has 17 heavy (non-hydrogen) atoms. The van der Waals surface area contributed by atoms with Gasteiger partial charge in [-0.25, -0.2) is 4.79 Å². The third kappa shape index (κ3) is 3.87. The number of ether oxygens (including phenoxy) is 1. The molecule has 1 heterocycles. The van der Waals surface area contributed by atoms with Crippen LogP contribution in [-0.4, -0.2) is 42.3 Å². The largest absolute Gasteiger partial charge is 0.467 e. The van der Waals surface area contributed by atoms with E-state index in [1.165, 1.54) is 14.0 Å². The number of nitrogens with zero attached hydrogens (tertiary/aromatic N) is 1. The van der Waals surface area contributed by atoms with Gasteiger partial charge in [-0.3, -0.25) is 4.90 Å². The molecule has 1 N–H and O–H groups in total. The highest BCUT2D eigenvalue weighted by molar-refractivity contribution is 5.78. The molecule has 0 aliphatic carbocycles. The Morgan fingerprint density at radius 2 is 2.24 bits per heavy atom. The summed E-state index contributed by atoms with van der Waals surface area (Å²) in [4.78, 5) is 13.1. The van der Waals surface area contributed by atoms with E-state index in [-0.39, 0.29) is 6.54 Å². The van der Waals surface area contributed by atoms with Gasteiger partial charge >= 0.3 is 5.97 Å². The summed E-state index contributed by atoms with van der Waals surface area (Å²) in [6.07, 6.45) is 0. The molecule has 0 saturated heterocycles. The molecule has 0 aliphatic rings. The van der Waals surface area contributed by atoms with Crippen molar-refractivity contribution in [2.24, 2.45) is 0 Å². The molecule has 0 radical (unpaired) electrons. The van der Waals surface area contributed by atoms with E-state index < -0.39 is 11.6 Å². The van der Waals surface area contributed by atoms with Crippen LogP contribution >= 0.6 is 0 Å². The highest BCUT2D eigenvalue weighted by atomic mass is 16.5. The fourth-order valence-electron chi connectivity index (χ4n) is 1.70. The van der Waals surface area contributed by atoms with Crippen LogP contribution in [0, 0.1) is 6.92 Å². The van der Waals surface area contributed by atoms with E-state index in [2.05, 4.69) is 4.74 Å². The van der Waals surface area contributed by atoms with Gasteiger partial charge in [0.05, 0.1) is 13.7 Å². The van der Waals surface area contributed by atoms with Crippen LogP contribution in [-0.2, 0) is 16.1 Å². The molecule has 1 aromatic rings. The number of rotatable bonds is 5. The van der Waals surface area contributed by atoms with Gasteiger partial charge < -0.3 is 14.3 Å². The van der Waals surface area contributed by atoms with Crippen molar-refractivity contribution in [3.8, 4) is 0 Å². The summed E-state index contributed by atoms with van der Waals surface area (Å²) in [7, 11) is 3.06. The number of hydrogen-bond acceptors (Lipinski definition) is 5. The second kappa shape index (κ2) is 5.33. The maximum Gasteiger partial charge on any atom is 0.338 e. The van der Waals surface area contributed by atoms with Gasteiger partial charge in [0.15, 0.2) is 5.60 Å². The van der Waals surface area contributed by atoms with E-state index in [4.69, 9.17) is 4.42 Å². The fraction of sp³-hybridized carbons (Fsp3) is 0.583. The van der Waals surface area contributed by atoms with Crippen LogP contribution in [0.5, 0.6) is 0 Å². The van der Waals surface area contributed by atoms with Crippen molar-refractivity contribution in [2.45, 2.75) is 26.0 Å². The van der Waals surface area contributed by atoms with E-state index in [0.717, 1.165) is 11.5 Å². The number of carbonyl (C=O) groups excluding carboxylic acids is 1. The molecule has 0 aromatic carbocycles. The number of methoxy groups -OCH3 is 1. The lowest BCUT2D eigenvalue weighted by Gasteiger charge is -2.25. The number of furan rings is 1. The van der Waals surface area contributed by atoms with Gasteiger partial charge in [0, 0.05) is 6.54 Å². The minimum Gasteiger partial charge on any atom is -0.467 e. The zero-order valence-corrected chi connectivity index (χ0v) is 10.7. The molecular formula is C12H19NO4. The monoisotopic (exact) mass is 241 g/mol. The predicted octanol–water partition coefficient (Wildman–Crippen LogP) is 0.944. The average molecular weight is 241 g/mol. The highest BCUT2D eigenvalue weighted by Gasteiger charge is 2.32. The number of esters is 1. The molecule has 1 unspecified atom stereocenters. The van der Waals surface area contributed by atoms with Crippen LogP contribution in [0.1, 0.15) is 18.4 Å². The number of aliphatic hydroxyl groups is 1. The van der Waals surface area contributed by atoms with Crippen LogP contribution in [0.4, 0.5) is 0 Å². The summed E-state index contributed by atoms with van der Waals surface area (Å²) in [5, 5.41) is 9.89. The topological polar surface area (TPSA) is 62.9 Å². The maximum atomic E-state index is 11.3. The Hall–Kier alpha value is -1.33. The molecule has 0 saturated carbocycles. The fourth-order valence-corrected chi connectivity index (χ4v) is 1.70. The summed E-state index contributed by atoms with van der Waals surface area (Å²) >= 11 is 0. The van der Waals surface area contributed by atoms with Crippen LogP contribution in [0.15, 0.2) is 16.5 Å². The molecule has 0 amide bonds. The summed E-state index contributed by atoms with van der Waals surface area (Å²) in [6, 6.07) is 3.75. The smallest absolute Gasteiger partial charge is 0.338 e. The molecule has 1 rings (SSSR count). The van der Waals surface area contributed by atoms with Crippen LogP contribution in [0.2, 0.25) is 0 Å². The number of likely N-dealkylation sites (N-methyl/N-ethyl adjacent to an activating group) is 1. The number of carbonyl (C=O) groups is 1. The zero-order valence-electron chi connectivity index (χ0n) is 10.7. The number of hydrogen-bond donors (Lipinski definition) is 1. The zero-order chi connectivity index (χ0) is 13.1. The van der Waals surface area contributed by atoms with Gasteiger partial charge in [-0.1, -0.05) is 0 Å². The second-order valence-corrected chi connectivity index (χ2v) is 4.45. The van der Waals surface area contributed by atoms with Crippen LogP contribution < -0.4 is 0 Å². The van der Waals surface area contributed by atoms with E-state index >= 15 is 0 Å². The van der Waals surface area contributed by atoms with Gasteiger partial charge in [0.2, 0.25) is 0 Å². The molecule has 1 atom stereocenters. The van der Waals surface area contributed by atoms with Crippen molar-refractivity contribution < 1.29 is 19.1 Å². The average Bonchev–Trinajstić information content (AvgIpc) is 2.61. The Morgan fingerprint density at radius 1 is 1.59 bits per heavy atom. The first-order valence-electron chi connectivity index (χ1n) is 5.40. The Morgan fingerprint density at radius 3 is 2.71 bits per heavy atom. The molecule has 0 aliphatic heterocycles. The van der Waals surface area contributed by atoms with Gasteiger partial charge in [0.25, 0.3) is 0 Å². The van der Waals surface area contributed by atoms with Crippen LogP contribution in [0.3, 0.4) is 0 Å². The van der Waals surface area contributed by atoms with Crippen molar-refractivity contribution in [1.82, 2.24) is 4.90 Å². The Labute approximate surface area is 101 Å². The quantitative estimate of drug-likeness (QED) is 0.777. The molecule has 96 valence electrons. The highest BCUT2D eigenvalue weighted by Crippen LogP contribution is 2.12. The molecule has 5 nitrogen and oxygen atoms in total. The van der Waals surface area contributed by atoms with E-state index in [1.54, 1.807) is 11.9 Å². The van der Waals surface area contributed by atoms with Crippen molar-refractivity contribution >= 4 is 5.97 Å². The SMILES string of the molecule is COC(=O)C(C)(O)CN(C)Cc1ccc(C)o1. The maximum absolute atomic E-state index is 11.3. The predicted molar refractivity (Wildman–Crippen MR) is 62.4 cm³/mol. The lowest BCUT2D eigenvalue weighted by atomic mass is 10.1. The Kier molecular flexibility index (Phi) is 4.31. The van der Waals surface area contributed by atoms with Gasteiger partial charge in [-0.15, -0.1) is 0 Å². The first-order valence-corrected chi connectivity index (χ1v) is 5.40. The summed E-state index contributed by atoms with van der Waals surface area (Å²) in [5.41, 5.74) is -1.51. The molecular weight excluding hydrogens is 222 g/mol. The summed E-state index contributed by atoms with van der Waals surface area (Å²) in [6.45, 7) is 4.01. The van der Waals surface area contributed by atoms with Crippen molar-refractivity contribution in [3.63, 3.8) is 0 Å². The Bertz CT molecular complexity index is 384. The molecule has 0 spiro atoms. The van der Waals surface area contributed by atoms with Gasteiger partial charge in [-0.2, -0.15) is 0 Å². The standard InChI is InChI=1S/C12H19NO4/c1-9-5-6-10(17-9)7-13(3)8-12(2,15)11(14)16-4/h5-6,15H,7-8H2,1-4H3. The Balaban J connectivity index is 2.54. The molecule has 0 fully saturated rings. The molecule has 1 aromatic heterocycles. The summed E-state index contributed by atoms with van der Waals surface area (Å²) < 4.78 is 9.95.